The maximum absolute atomic E-state index is 5.99. The van der Waals surface area contributed by atoms with Crippen LogP contribution in [0.25, 0.3) is 10.9 Å². The SMILES string of the molecule is C[C@@H](Nc1ncnc2cc(Cl)ccc12)c1ccccc1. The van der Waals surface area contributed by atoms with E-state index in [0.29, 0.717) is 5.02 Å². The molecule has 1 aromatic heterocycles. The number of aromatic nitrogens is 2. The Morgan fingerprint density at radius 3 is 2.65 bits per heavy atom. The van der Waals surface area contributed by atoms with E-state index in [1.165, 1.54) is 5.56 Å². The van der Waals surface area contributed by atoms with E-state index in [-0.39, 0.29) is 6.04 Å². The van der Waals surface area contributed by atoms with Crippen molar-refractivity contribution in [2.45, 2.75) is 13.0 Å². The maximum atomic E-state index is 5.99. The quantitative estimate of drug-likeness (QED) is 0.771. The first-order valence-electron chi connectivity index (χ1n) is 6.46. The van der Waals surface area contributed by atoms with Crippen LogP contribution in [-0.2, 0) is 0 Å². The molecular weight excluding hydrogens is 270 g/mol. The van der Waals surface area contributed by atoms with E-state index in [2.05, 4.69) is 34.3 Å². The molecule has 0 aliphatic rings. The van der Waals surface area contributed by atoms with E-state index < -0.39 is 0 Å². The normalized spacial score (nSPS) is 12.3. The maximum Gasteiger partial charge on any atom is 0.137 e. The van der Waals surface area contributed by atoms with Crippen LogP contribution in [0, 0.1) is 0 Å². The summed E-state index contributed by atoms with van der Waals surface area (Å²) in [7, 11) is 0. The Bertz CT molecular complexity index is 728. The van der Waals surface area contributed by atoms with Crippen molar-refractivity contribution in [1.29, 1.82) is 0 Å². The minimum absolute atomic E-state index is 0.171. The summed E-state index contributed by atoms with van der Waals surface area (Å²) in [6.07, 6.45) is 1.55. The molecule has 0 saturated carbocycles. The van der Waals surface area contributed by atoms with Gasteiger partial charge >= 0.3 is 0 Å². The molecule has 3 nitrogen and oxygen atoms in total. The molecule has 0 fully saturated rings. The fourth-order valence-electron chi connectivity index (χ4n) is 2.18. The fraction of sp³-hybridized carbons (Fsp3) is 0.125. The lowest BCUT2D eigenvalue weighted by atomic mass is 10.1. The number of anilines is 1. The second-order valence-corrected chi connectivity index (χ2v) is 5.10. The van der Waals surface area contributed by atoms with Gasteiger partial charge < -0.3 is 5.32 Å². The van der Waals surface area contributed by atoms with Crippen molar-refractivity contribution in [2.75, 3.05) is 5.32 Å². The zero-order chi connectivity index (χ0) is 13.9. The van der Waals surface area contributed by atoms with Crippen LogP contribution in [0.1, 0.15) is 18.5 Å². The van der Waals surface area contributed by atoms with Crippen LogP contribution >= 0.6 is 11.6 Å². The Balaban J connectivity index is 1.95. The van der Waals surface area contributed by atoms with Crippen LogP contribution in [0.3, 0.4) is 0 Å². The highest BCUT2D eigenvalue weighted by atomic mass is 35.5. The van der Waals surface area contributed by atoms with Crippen LogP contribution < -0.4 is 5.32 Å². The molecule has 0 unspecified atom stereocenters. The van der Waals surface area contributed by atoms with Crippen molar-refractivity contribution in [3.05, 3.63) is 65.4 Å². The zero-order valence-corrected chi connectivity index (χ0v) is 11.8. The predicted octanol–water partition coefficient (Wildman–Crippen LogP) is 4.46. The van der Waals surface area contributed by atoms with Crippen molar-refractivity contribution in [1.82, 2.24) is 9.97 Å². The van der Waals surface area contributed by atoms with E-state index in [0.717, 1.165) is 16.7 Å². The standard InChI is InChI=1S/C16H14ClN3/c1-11(12-5-3-2-4-6-12)20-16-14-8-7-13(17)9-15(14)18-10-19-16/h2-11H,1H3,(H,18,19,20)/t11-/m1/s1. The van der Waals surface area contributed by atoms with Crippen LogP contribution in [-0.4, -0.2) is 9.97 Å². The van der Waals surface area contributed by atoms with Gasteiger partial charge in [0.25, 0.3) is 0 Å². The number of benzene rings is 2. The van der Waals surface area contributed by atoms with Crippen molar-refractivity contribution < 1.29 is 0 Å². The third-order valence-electron chi connectivity index (χ3n) is 3.25. The Morgan fingerprint density at radius 2 is 1.85 bits per heavy atom. The van der Waals surface area contributed by atoms with Gasteiger partial charge in [-0.3, -0.25) is 0 Å². The molecule has 0 spiro atoms. The van der Waals surface area contributed by atoms with Crippen molar-refractivity contribution in [2.24, 2.45) is 0 Å². The van der Waals surface area contributed by atoms with Gasteiger partial charge in [0.2, 0.25) is 0 Å². The molecule has 0 saturated heterocycles. The molecule has 0 radical (unpaired) electrons. The van der Waals surface area contributed by atoms with Gasteiger partial charge in [0.05, 0.1) is 5.52 Å². The van der Waals surface area contributed by atoms with Gasteiger partial charge in [-0.15, -0.1) is 0 Å². The van der Waals surface area contributed by atoms with Gasteiger partial charge in [0.1, 0.15) is 12.1 Å². The zero-order valence-electron chi connectivity index (χ0n) is 11.0. The third-order valence-corrected chi connectivity index (χ3v) is 3.49. The van der Waals surface area contributed by atoms with Crippen molar-refractivity contribution in [3.8, 4) is 0 Å². The summed E-state index contributed by atoms with van der Waals surface area (Å²) in [5.41, 5.74) is 2.06. The van der Waals surface area contributed by atoms with Gasteiger partial charge in [-0.1, -0.05) is 41.9 Å². The second-order valence-electron chi connectivity index (χ2n) is 4.66. The number of nitrogens with one attached hydrogen (secondary N) is 1. The summed E-state index contributed by atoms with van der Waals surface area (Å²) in [6.45, 7) is 2.11. The highest BCUT2D eigenvalue weighted by Gasteiger charge is 2.09. The molecule has 3 rings (SSSR count). The first-order valence-corrected chi connectivity index (χ1v) is 6.83. The minimum atomic E-state index is 0.171. The van der Waals surface area contributed by atoms with Gasteiger partial charge in [-0.25, -0.2) is 9.97 Å². The Morgan fingerprint density at radius 1 is 1.05 bits per heavy atom. The summed E-state index contributed by atoms with van der Waals surface area (Å²) in [4.78, 5) is 8.58. The van der Waals surface area contributed by atoms with Crippen molar-refractivity contribution in [3.63, 3.8) is 0 Å². The smallest absolute Gasteiger partial charge is 0.137 e. The van der Waals surface area contributed by atoms with E-state index in [9.17, 15) is 0 Å². The molecular formula is C16H14ClN3. The minimum Gasteiger partial charge on any atom is -0.363 e. The van der Waals surface area contributed by atoms with Gasteiger partial charge in [-0.05, 0) is 30.7 Å². The molecule has 2 aromatic carbocycles. The molecule has 0 bridgehead atoms. The lowest BCUT2D eigenvalue weighted by Crippen LogP contribution is -2.08. The average Bonchev–Trinajstić information content (AvgIpc) is 2.48. The number of halogens is 1. The van der Waals surface area contributed by atoms with Crippen LogP contribution in [0.4, 0.5) is 5.82 Å². The van der Waals surface area contributed by atoms with E-state index >= 15 is 0 Å². The van der Waals surface area contributed by atoms with E-state index in [1.54, 1.807) is 6.33 Å². The largest absolute Gasteiger partial charge is 0.363 e. The Labute approximate surface area is 122 Å². The highest BCUT2D eigenvalue weighted by molar-refractivity contribution is 6.31. The molecule has 3 aromatic rings. The molecule has 0 aliphatic carbocycles. The van der Waals surface area contributed by atoms with E-state index in [4.69, 9.17) is 11.6 Å². The number of nitrogens with zero attached hydrogens (tertiary/aromatic N) is 2. The second kappa shape index (κ2) is 5.47. The molecule has 4 heteroatoms. The Hall–Kier alpha value is -2.13. The Kier molecular flexibility index (Phi) is 3.52. The summed E-state index contributed by atoms with van der Waals surface area (Å²) in [6, 6.07) is 16.1. The summed E-state index contributed by atoms with van der Waals surface area (Å²) in [5.74, 6) is 0.822. The summed E-state index contributed by atoms with van der Waals surface area (Å²) < 4.78 is 0. The summed E-state index contributed by atoms with van der Waals surface area (Å²) in [5, 5.41) is 5.08. The number of fused-ring (bicyclic) bond motifs is 1. The summed E-state index contributed by atoms with van der Waals surface area (Å²) >= 11 is 5.99. The third kappa shape index (κ3) is 2.58. The first-order chi connectivity index (χ1) is 9.74. The lowest BCUT2D eigenvalue weighted by Gasteiger charge is -2.16. The van der Waals surface area contributed by atoms with Gasteiger partial charge in [0.15, 0.2) is 0 Å². The predicted molar refractivity (Wildman–Crippen MR) is 83.0 cm³/mol. The van der Waals surface area contributed by atoms with Gasteiger partial charge in [-0.2, -0.15) is 0 Å². The van der Waals surface area contributed by atoms with E-state index in [1.807, 2.05) is 36.4 Å². The number of hydrogen-bond donors (Lipinski definition) is 1. The van der Waals surface area contributed by atoms with Gasteiger partial charge in [0, 0.05) is 16.5 Å². The average molecular weight is 284 g/mol. The first kappa shape index (κ1) is 12.9. The molecule has 0 amide bonds. The highest BCUT2D eigenvalue weighted by Crippen LogP contribution is 2.25. The molecule has 100 valence electrons. The molecule has 1 N–H and O–H groups in total. The van der Waals surface area contributed by atoms with Crippen LogP contribution in [0.15, 0.2) is 54.9 Å². The molecule has 1 atom stereocenters. The lowest BCUT2D eigenvalue weighted by molar-refractivity contribution is 0.876. The topological polar surface area (TPSA) is 37.8 Å². The monoisotopic (exact) mass is 283 g/mol. The number of hydrogen-bond acceptors (Lipinski definition) is 3. The van der Waals surface area contributed by atoms with Crippen molar-refractivity contribution >= 4 is 28.3 Å². The fourth-order valence-corrected chi connectivity index (χ4v) is 2.34. The molecule has 20 heavy (non-hydrogen) atoms. The molecule has 1 heterocycles. The van der Waals surface area contributed by atoms with Crippen LogP contribution in [0.5, 0.6) is 0 Å². The molecule has 0 aliphatic heterocycles. The van der Waals surface area contributed by atoms with Crippen LogP contribution in [0.2, 0.25) is 5.02 Å². The number of rotatable bonds is 3.